The summed E-state index contributed by atoms with van der Waals surface area (Å²) in [6.07, 6.45) is 0. The van der Waals surface area contributed by atoms with Crippen molar-refractivity contribution in [2.24, 2.45) is 5.73 Å². The van der Waals surface area contributed by atoms with E-state index < -0.39 is 28.4 Å². The summed E-state index contributed by atoms with van der Waals surface area (Å²) < 4.78 is 28.3. The topological polar surface area (TPSA) is 110 Å². The van der Waals surface area contributed by atoms with E-state index in [0.29, 0.717) is 16.9 Å². The number of carbonyl (C=O) groups is 2. The third-order valence-corrected chi connectivity index (χ3v) is 7.39. The second-order valence-electron chi connectivity index (χ2n) is 7.93. The van der Waals surface area contributed by atoms with E-state index in [1.54, 1.807) is 49.4 Å². The van der Waals surface area contributed by atoms with Gasteiger partial charge in [0, 0.05) is 11.3 Å². The van der Waals surface area contributed by atoms with Crippen LogP contribution in [0.2, 0.25) is 0 Å². The van der Waals surface area contributed by atoms with Gasteiger partial charge >= 0.3 is 0 Å². The first kappa shape index (κ1) is 24.0. The second kappa shape index (κ2) is 9.46. The summed E-state index contributed by atoms with van der Waals surface area (Å²) in [4.78, 5) is 24.7. The number of aryl methyl sites for hydroxylation is 2. The van der Waals surface area contributed by atoms with E-state index in [0.717, 1.165) is 21.0 Å². The number of sulfonamides is 1. The Bertz CT molecular complexity index is 1320. The molecule has 3 rings (SSSR count). The molecule has 3 N–H and O–H groups in total. The van der Waals surface area contributed by atoms with E-state index in [2.05, 4.69) is 5.32 Å². The number of hydrogen-bond donors (Lipinski definition) is 2. The van der Waals surface area contributed by atoms with Crippen LogP contribution in [0.1, 0.15) is 32.6 Å². The molecule has 0 atom stereocenters. The van der Waals surface area contributed by atoms with E-state index in [-0.39, 0.29) is 10.5 Å². The molecule has 8 heteroatoms. The van der Waals surface area contributed by atoms with E-state index in [4.69, 9.17) is 5.73 Å². The Labute approximate surface area is 194 Å². The maximum absolute atomic E-state index is 13.6. The Kier molecular flexibility index (Phi) is 6.88. The normalized spacial score (nSPS) is 11.2. The molecule has 0 saturated heterocycles. The largest absolute Gasteiger partial charge is 0.366 e. The molecule has 33 heavy (non-hydrogen) atoms. The highest BCUT2D eigenvalue weighted by Gasteiger charge is 2.29. The summed E-state index contributed by atoms with van der Waals surface area (Å²) in [7, 11) is -4.03. The SMILES string of the molecule is Cc1ccc(S(=O)(=O)N(CC(=O)Nc2cccc(C(N)=O)c2C)c2cccc(C)c2C)cc1. The van der Waals surface area contributed by atoms with Crippen LogP contribution in [0.4, 0.5) is 11.4 Å². The molecule has 7 nitrogen and oxygen atoms in total. The van der Waals surface area contributed by atoms with Gasteiger partial charge in [0.25, 0.3) is 10.0 Å². The van der Waals surface area contributed by atoms with Crippen LogP contribution in [-0.2, 0) is 14.8 Å². The van der Waals surface area contributed by atoms with Gasteiger partial charge in [-0.05, 0) is 74.7 Å². The average molecular weight is 466 g/mol. The van der Waals surface area contributed by atoms with Crippen molar-refractivity contribution >= 4 is 33.2 Å². The summed E-state index contributed by atoms with van der Waals surface area (Å²) in [6, 6.07) is 16.6. The highest BCUT2D eigenvalue weighted by molar-refractivity contribution is 7.92. The first-order valence-corrected chi connectivity index (χ1v) is 11.8. The van der Waals surface area contributed by atoms with Crippen LogP contribution in [-0.4, -0.2) is 26.8 Å². The zero-order valence-corrected chi connectivity index (χ0v) is 19.9. The molecule has 3 aromatic carbocycles. The summed E-state index contributed by atoms with van der Waals surface area (Å²) >= 11 is 0. The van der Waals surface area contributed by atoms with Crippen LogP contribution in [0.15, 0.2) is 65.6 Å². The number of nitrogens with two attached hydrogens (primary N) is 1. The summed E-state index contributed by atoms with van der Waals surface area (Å²) in [6.45, 7) is 6.80. The van der Waals surface area contributed by atoms with E-state index >= 15 is 0 Å². The Hall–Kier alpha value is -3.65. The molecule has 0 radical (unpaired) electrons. The minimum atomic E-state index is -4.03. The van der Waals surface area contributed by atoms with Crippen molar-refractivity contribution in [2.75, 3.05) is 16.2 Å². The molecule has 3 aromatic rings. The molecule has 0 bridgehead atoms. The van der Waals surface area contributed by atoms with Crippen molar-refractivity contribution in [2.45, 2.75) is 32.6 Å². The number of nitrogens with one attached hydrogen (secondary N) is 1. The summed E-state index contributed by atoms with van der Waals surface area (Å²) in [5.41, 5.74) is 9.60. The number of hydrogen-bond acceptors (Lipinski definition) is 4. The predicted molar refractivity (Wildman–Crippen MR) is 130 cm³/mol. The number of rotatable bonds is 7. The van der Waals surface area contributed by atoms with E-state index in [1.807, 2.05) is 26.8 Å². The maximum Gasteiger partial charge on any atom is 0.264 e. The van der Waals surface area contributed by atoms with Crippen molar-refractivity contribution in [3.63, 3.8) is 0 Å². The number of primary amides is 1. The number of carbonyl (C=O) groups excluding carboxylic acids is 2. The fraction of sp³-hybridized carbons (Fsp3) is 0.200. The second-order valence-corrected chi connectivity index (χ2v) is 9.80. The smallest absolute Gasteiger partial charge is 0.264 e. The molecular weight excluding hydrogens is 438 g/mol. The lowest BCUT2D eigenvalue weighted by molar-refractivity contribution is -0.114. The zero-order chi connectivity index (χ0) is 24.3. The molecule has 172 valence electrons. The van der Waals surface area contributed by atoms with Crippen molar-refractivity contribution in [1.29, 1.82) is 0 Å². The molecule has 0 aliphatic heterocycles. The minimum absolute atomic E-state index is 0.0914. The van der Waals surface area contributed by atoms with Crippen LogP contribution >= 0.6 is 0 Å². The molecule has 0 aromatic heterocycles. The molecular formula is C25H27N3O4S. The van der Waals surface area contributed by atoms with Gasteiger partial charge in [0.2, 0.25) is 11.8 Å². The highest BCUT2D eigenvalue weighted by Crippen LogP contribution is 2.29. The third-order valence-electron chi connectivity index (χ3n) is 5.61. The molecule has 0 spiro atoms. The first-order chi connectivity index (χ1) is 15.5. The van der Waals surface area contributed by atoms with Gasteiger partial charge in [-0.3, -0.25) is 13.9 Å². The van der Waals surface area contributed by atoms with E-state index in [1.165, 1.54) is 12.1 Å². The number of amides is 2. The lowest BCUT2D eigenvalue weighted by atomic mass is 10.1. The number of anilines is 2. The molecule has 0 aliphatic carbocycles. The zero-order valence-electron chi connectivity index (χ0n) is 19.0. The fourth-order valence-electron chi connectivity index (χ4n) is 3.50. The summed E-state index contributed by atoms with van der Waals surface area (Å²) in [5.74, 6) is -1.15. The fourth-order valence-corrected chi connectivity index (χ4v) is 4.98. The van der Waals surface area contributed by atoms with Crippen LogP contribution in [0, 0.1) is 27.7 Å². The molecule has 2 amide bonds. The van der Waals surface area contributed by atoms with Gasteiger partial charge in [-0.15, -0.1) is 0 Å². The van der Waals surface area contributed by atoms with Gasteiger partial charge in [0.1, 0.15) is 6.54 Å². The Morgan fingerprint density at radius 1 is 0.879 bits per heavy atom. The minimum Gasteiger partial charge on any atom is -0.366 e. The third kappa shape index (κ3) is 5.06. The lowest BCUT2D eigenvalue weighted by Crippen LogP contribution is -2.38. The van der Waals surface area contributed by atoms with Crippen molar-refractivity contribution in [3.05, 3.63) is 88.5 Å². The summed E-state index contributed by atoms with van der Waals surface area (Å²) in [5, 5.41) is 2.72. The van der Waals surface area contributed by atoms with Crippen LogP contribution in [0.25, 0.3) is 0 Å². The Morgan fingerprint density at radius 3 is 2.15 bits per heavy atom. The molecule has 0 aliphatic rings. The van der Waals surface area contributed by atoms with Crippen molar-refractivity contribution < 1.29 is 18.0 Å². The lowest BCUT2D eigenvalue weighted by Gasteiger charge is -2.26. The predicted octanol–water partition coefficient (Wildman–Crippen LogP) is 3.85. The number of nitrogens with zero attached hydrogens (tertiary/aromatic N) is 1. The molecule has 0 saturated carbocycles. The average Bonchev–Trinajstić information content (AvgIpc) is 2.76. The highest BCUT2D eigenvalue weighted by atomic mass is 32.2. The van der Waals surface area contributed by atoms with Gasteiger partial charge < -0.3 is 11.1 Å². The maximum atomic E-state index is 13.6. The Balaban J connectivity index is 2.01. The Morgan fingerprint density at radius 2 is 1.52 bits per heavy atom. The molecule has 0 heterocycles. The van der Waals surface area contributed by atoms with Gasteiger partial charge in [0.05, 0.1) is 10.6 Å². The van der Waals surface area contributed by atoms with Crippen LogP contribution in [0.3, 0.4) is 0 Å². The van der Waals surface area contributed by atoms with Crippen LogP contribution < -0.4 is 15.4 Å². The van der Waals surface area contributed by atoms with Gasteiger partial charge in [-0.1, -0.05) is 35.9 Å². The van der Waals surface area contributed by atoms with Crippen molar-refractivity contribution in [3.8, 4) is 0 Å². The molecule has 0 unspecified atom stereocenters. The van der Waals surface area contributed by atoms with E-state index in [9.17, 15) is 18.0 Å². The van der Waals surface area contributed by atoms with Gasteiger partial charge in [-0.25, -0.2) is 8.42 Å². The first-order valence-electron chi connectivity index (χ1n) is 10.4. The standard InChI is InChI=1S/C25H27N3O4S/c1-16-11-13-20(14-12-16)33(31,32)28(23-10-5-7-17(2)18(23)3)15-24(29)27-22-9-6-8-21(19(22)4)25(26)30/h5-14H,15H2,1-4H3,(H2,26,30)(H,27,29). The van der Waals surface area contributed by atoms with Gasteiger partial charge in [0.15, 0.2) is 0 Å². The quantitative estimate of drug-likeness (QED) is 0.552. The monoisotopic (exact) mass is 465 g/mol. The van der Waals surface area contributed by atoms with Crippen LogP contribution in [0.5, 0.6) is 0 Å². The van der Waals surface area contributed by atoms with Crippen molar-refractivity contribution in [1.82, 2.24) is 0 Å². The molecule has 0 fully saturated rings. The number of benzene rings is 3. The van der Waals surface area contributed by atoms with Gasteiger partial charge in [-0.2, -0.15) is 0 Å².